The molecule has 0 radical (unpaired) electrons. The predicted octanol–water partition coefficient (Wildman–Crippen LogP) is 6.14. The van der Waals surface area contributed by atoms with Crippen LogP contribution < -0.4 is 10.4 Å². The first-order valence-electron chi connectivity index (χ1n) is 9.29. The van der Waals surface area contributed by atoms with Crippen LogP contribution in [-0.2, 0) is 22.6 Å². The third-order valence-electron chi connectivity index (χ3n) is 4.66. The van der Waals surface area contributed by atoms with E-state index in [9.17, 15) is 9.59 Å². The van der Waals surface area contributed by atoms with Crippen LogP contribution in [0.4, 0.5) is 0 Å². The molecule has 0 fully saturated rings. The SMILES string of the molecule is CCOC(=O)CCc1c(C)c2cc(Cl)c(OCc3c(Cl)cccc3Cl)cc2oc1=O. The molecule has 0 atom stereocenters. The molecule has 3 rings (SSSR count). The summed E-state index contributed by atoms with van der Waals surface area (Å²) < 4.78 is 16.2. The molecule has 30 heavy (non-hydrogen) atoms. The first kappa shape index (κ1) is 22.5. The number of rotatable bonds is 7. The van der Waals surface area contributed by atoms with E-state index >= 15 is 0 Å². The molecule has 0 unspecified atom stereocenters. The summed E-state index contributed by atoms with van der Waals surface area (Å²) in [4.78, 5) is 24.1. The van der Waals surface area contributed by atoms with Gasteiger partial charge >= 0.3 is 11.6 Å². The van der Waals surface area contributed by atoms with E-state index in [4.69, 9.17) is 48.7 Å². The zero-order valence-corrected chi connectivity index (χ0v) is 18.7. The van der Waals surface area contributed by atoms with Crippen molar-refractivity contribution in [1.82, 2.24) is 0 Å². The molecule has 8 heteroatoms. The number of esters is 1. The molecule has 0 aliphatic carbocycles. The Bertz CT molecular complexity index is 1130. The maximum Gasteiger partial charge on any atom is 0.339 e. The summed E-state index contributed by atoms with van der Waals surface area (Å²) in [6.45, 7) is 3.92. The lowest BCUT2D eigenvalue weighted by atomic mass is 10.0. The standard InChI is InChI=1S/C22H19Cl3O5/c1-3-28-21(26)8-7-13-12(2)14-9-18(25)20(10-19(14)30-22(13)27)29-11-15-16(23)5-4-6-17(15)24/h4-6,9-10H,3,7-8,11H2,1-2H3. The van der Waals surface area contributed by atoms with Crippen molar-refractivity contribution in [2.45, 2.75) is 33.3 Å². The second-order valence-corrected chi connectivity index (χ2v) is 7.79. The minimum atomic E-state index is -0.508. The van der Waals surface area contributed by atoms with Crippen molar-refractivity contribution in [3.8, 4) is 5.75 Å². The minimum absolute atomic E-state index is 0.0957. The second kappa shape index (κ2) is 9.73. The monoisotopic (exact) mass is 468 g/mol. The van der Waals surface area contributed by atoms with Gasteiger partial charge < -0.3 is 13.9 Å². The van der Waals surface area contributed by atoms with Gasteiger partial charge in [0, 0.05) is 39.0 Å². The first-order valence-corrected chi connectivity index (χ1v) is 10.4. The number of ether oxygens (including phenoxy) is 2. The number of hydrogen-bond acceptors (Lipinski definition) is 5. The Morgan fingerprint density at radius 3 is 2.43 bits per heavy atom. The normalized spacial score (nSPS) is 11.0. The summed E-state index contributed by atoms with van der Waals surface area (Å²) in [6.07, 6.45) is 0.322. The molecule has 0 spiro atoms. The van der Waals surface area contributed by atoms with Gasteiger partial charge in [-0.3, -0.25) is 4.79 Å². The van der Waals surface area contributed by atoms with Crippen LogP contribution in [0.15, 0.2) is 39.5 Å². The molecule has 3 aromatic rings. The number of carbonyl (C=O) groups excluding carboxylic acids is 1. The van der Waals surface area contributed by atoms with Crippen LogP contribution in [-0.4, -0.2) is 12.6 Å². The van der Waals surface area contributed by atoms with Crippen molar-refractivity contribution in [1.29, 1.82) is 0 Å². The third-order valence-corrected chi connectivity index (χ3v) is 5.66. The van der Waals surface area contributed by atoms with Gasteiger partial charge in [0.15, 0.2) is 0 Å². The summed E-state index contributed by atoms with van der Waals surface area (Å²) in [6, 6.07) is 8.41. The van der Waals surface area contributed by atoms with E-state index in [0.717, 1.165) is 0 Å². The number of benzene rings is 2. The Morgan fingerprint density at radius 2 is 1.77 bits per heavy atom. The fraction of sp³-hybridized carbons (Fsp3) is 0.273. The van der Waals surface area contributed by atoms with Gasteiger partial charge in [-0.2, -0.15) is 0 Å². The molecular formula is C22H19Cl3O5. The molecule has 158 valence electrons. The van der Waals surface area contributed by atoms with E-state index in [1.54, 1.807) is 44.2 Å². The Morgan fingerprint density at radius 1 is 1.07 bits per heavy atom. The van der Waals surface area contributed by atoms with Gasteiger partial charge in [-0.05, 0) is 44.0 Å². The Balaban J connectivity index is 1.89. The molecule has 0 saturated carbocycles. The van der Waals surface area contributed by atoms with E-state index in [1.165, 1.54) is 0 Å². The summed E-state index contributed by atoms with van der Waals surface area (Å²) in [5.74, 6) is -0.0293. The van der Waals surface area contributed by atoms with Crippen LogP contribution in [0.25, 0.3) is 11.0 Å². The molecule has 0 N–H and O–H groups in total. The van der Waals surface area contributed by atoms with Gasteiger partial charge in [-0.15, -0.1) is 0 Å². The Hall–Kier alpha value is -2.21. The summed E-state index contributed by atoms with van der Waals surface area (Å²) >= 11 is 18.7. The van der Waals surface area contributed by atoms with Gasteiger partial charge in [-0.25, -0.2) is 4.79 Å². The van der Waals surface area contributed by atoms with Crippen molar-refractivity contribution in [2.75, 3.05) is 6.61 Å². The summed E-state index contributed by atoms with van der Waals surface area (Å²) in [7, 11) is 0. The van der Waals surface area contributed by atoms with Crippen molar-refractivity contribution >= 4 is 51.7 Å². The van der Waals surface area contributed by atoms with Crippen LogP contribution in [0.5, 0.6) is 5.75 Å². The number of hydrogen-bond donors (Lipinski definition) is 0. The lowest BCUT2D eigenvalue weighted by Gasteiger charge is -2.13. The molecule has 1 aromatic heterocycles. The predicted molar refractivity (Wildman–Crippen MR) is 118 cm³/mol. The molecule has 0 saturated heterocycles. The molecule has 0 aliphatic heterocycles. The van der Waals surface area contributed by atoms with Gasteiger partial charge in [-0.1, -0.05) is 40.9 Å². The average molecular weight is 470 g/mol. The van der Waals surface area contributed by atoms with Crippen molar-refractivity contribution in [2.24, 2.45) is 0 Å². The maximum atomic E-state index is 12.5. The molecule has 2 aromatic carbocycles. The van der Waals surface area contributed by atoms with Crippen LogP contribution in [0.1, 0.15) is 30.0 Å². The molecule has 0 bridgehead atoms. The van der Waals surface area contributed by atoms with Crippen molar-refractivity contribution < 1.29 is 18.7 Å². The van der Waals surface area contributed by atoms with Gasteiger partial charge in [0.25, 0.3) is 0 Å². The minimum Gasteiger partial charge on any atom is -0.487 e. The largest absolute Gasteiger partial charge is 0.487 e. The number of aryl methyl sites for hydroxylation is 1. The molecule has 0 amide bonds. The Kier molecular flexibility index (Phi) is 7.29. The quantitative estimate of drug-likeness (QED) is 0.307. The highest BCUT2D eigenvalue weighted by Gasteiger charge is 2.16. The molecule has 1 heterocycles. The topological polar surface area (TPSA) is 65.7 Å². The zero-order chi connectivity index (χ0) is 21.8. The zero-order valence-electron chi connectivity index (χ0n) is 16.4. The second-order valence-electron chi connectivity index (χ2n) is 6.57. The Labute approximate surface area is 188 Å². The van der Waals surface area contributed by atoms with Crippen LogP contribution in [0.3, 0.4) is 0 Å². The third kappa shape index (κ3) is 4.91. The highest BCUT2D eigenvalue weighted by molar-refractivity contribution is 6.36. The van der Waals surface area contributed by atoms with Gasteiger partial charge in [0.2, 0.25) is 0 Å². The fourth-order valence-electron chi connectivity index (χ4n) is 3.07. The van der Waals surface area contributed by atoms with E-state index < -0.39 is 5.63 Å². The van der Waals surface area contributed by atoms with Crippen LogP contribution >= 0.6 is 34.8 Å². The van der Waals surface area contributed by atoms with Crippen molar-refractivity contribution in [3.05, 3.63) is 72.5 Å². The fourth-order valence-corrected chi connectivity index (χ4v) is 3.79. The van der Waals surface area contributed by atoms with Crippen LogP contribution in [0.2, 0.25) is 15.1 Å². The maximum absolute atomic E-state index is 12.5. The van der Waals surface area contributed by atoms with Crippen LogP contribution in [0, 0.1) is 6.92 Å². The lowest BCUT2D eigenvalue weighted by molar-refractivity contribution is -0.143. The first-order chi connectivity index (χ1) is 14.3. The summed E-state index contributed by atoms with van der Waals surface area (Å²) in [5, 5.41) is 1.97. The number of carbonyl (C=O) groups is 1. The highest BCUT2D eigenvalue weighted by Crippen LogP contribution is 2.34. The van der Waals surface area contributed by atoms with Gasteiger partial charge in [0.1, 0.15) is 17.9 Å². The summed E-state index contributed by atoms with van der Waals surface area (Å²) in [5.41, 5.74) is 1.58. The molecular weight excluding hydrogens is 451 g/mol. The van der Waals surface area contributed by atoms with E-state index in [2.05, 4.69) is 0 Å². The number of halogens is 3. The van der Waals surface area contributed by atoms with E-state index in [0.29, 0.717) is 55.1 Å². The average Bonchev–Trinajstić information content (AvgIpc) is 2.69. The van der Waals surface area contributed by atoms with Gasteiger partial charge in [0.05, 0.1) is 11.6 Å². The van der Waals surface area contributed by atoms with Crippen molar-refractivity contribution in [3.63, 3.8) is 0 Å². The van der Waals surface area contributed by atoms with E-state index in [-0.39, 0.29) is 25.4 Å². The lowest BCUT2D eigenvalue weighted by Crippen LogP contribution is -2.13. The highest BCUT2D eigenvalue weighted by atomic mass is 35.5. The van der Waals surface area contributed by atoms with E-state index in [1.807, 2.05) is 0 Å². The number of fused-ring (bicyclic) bond motifs is 1. The molecule has 0 aliphatic rings. The smallest absolute Gasteiger partial charge is 0.339 e. The molecule has 5 nitrogen and oxygen atoms in total.